The minimum absolute atomic E-state index is 0.0439. The zero-order chi connectivity index (χ0) is 15.7. The molecule has 0 fully saturated rings. The number of benzene rings is 3. The molecule has 0 aliphatic rings. The lowest BCUT2D eigenvalue weighted by Gasteiger charge is -2.09. The van der Waals surface area contributed by atoms with Gasteiger partial charge in [0, 0.05) is 10.9 Å². The van der Waals surface area contributed by atoms with Crippen LogP contribution >= 0.6 is 0 Å². The Kier molecular flexibility index (Phi) is 3.60. The number of halogens is 2. The molecule has 0 saturated carbocycles. The third-order valence-electron chi connectivity index (χ3n) is 3.83. The molecule has 3 heteroatoms. The van der Waals surface area contributed by atoms with Gasteiger partial charge in [-0.3, -0.25) is 0 Å². The summed E-state index contributed by atoms with van der Waals surface area (Å²) in [5, 5.41) is 10.1. The van der Waals surface area contributed by atoms with Gasteiger partial charge in [-0.15, -0.1) is 0 Å². The summed E-state index contributed by atoms with van der Waals surface area (Å²) >= 11 is 0. The Labute approximate surface area is 127 Å². The molecule has 0 unspecified atom stereocenters. The van der Waals surface area contributed by atoms with Crippen LogP contribution in [0.25, 0.3) is 21.9 Å². The van der Waals surface area contributed by atoms with E-state index in [0.717, 1.165) is 17.4 Å². The Bertz CT molecular complexity index is 907. The molecule has 0 saturated heterocycles. The van der Waals surface area contributed by atoms with Gasteiger partial charge in [-0.05, 0) is 35.1 Å². The van der Waals surface area contributed by atoms with Crippen LogP contribution < -0.4 is 0 Å². The van der Waals surface area contributed by atoms with Crippen LogP contribution in [0.3, 0.4) is 0 Å². The van der Waals surface area contributed by atoms with E-state index in [4.69, 9.17) is 5.26 Å². The summed E-state index contributed by atoms with van der Waals surface area (Å²) in [6.07, 6.45) is 0.889. The first kappa shape index (κ1) is 14.2. The highest BCUT2D eigenvalue weighted by Gasteiger charge is 2.11. The van der Waals surface area contributed by atoms with Crippen molar-refractivity contribution in [2.75, 3.05) is 0 Å². The third kappa shape index (κ3) is 2.33. The number of rotatable bonds is 2. The molecule has 0 aliphatic carbocycles. The van der Waals surface area contributed by atoms with Gasteiger partial charge >= 0.3 is 0 Å². The summed E-state index contributed by atoms with van der Waals surface area (Å²) in [5.74, 6) is -1.01. The minimum Gasteiger partial charge on any atom is -0.206 e. The first-order chi connectivity index (χ1) is 10.6. The summed E-state index contributed by atoms with van der Waals surface area (Å²) in [6.45, 7) is 2.05. The van der Waals surface area contributed by atoms with Crippen LogP contribution in [-0.2, 0) is 6.42 Å². The highest BCUT2D eigenvalue weighted by molar-refractivity contribution is 5.88. The van der Waals surface area contributed by atoms with Gasteiger partial charge in [0.05, 0.1) is 5.56 Å². The molecule has 3 rings (SSSR count). The molecule has 1 nitrogen and oxygen atoms in total. The zero-order valence-electron chi connectivity index (χ0n) is 12.0. The van der Waals surface area contributed by atoms with E-state index in [9.17, 15) is 8.78 Å². The number of nitriles is 1. The number of hydrogen-bond donors (Lipinski definition) is 0. The standard InChI is InChI=1S/C19H13F2N/c1-2-12-3-7-16-13(9-12)6-8-17(19(16)21)14-4-5-15(11-22)18(20)10-14/h3-10H,2H2,1H3. The highest BCUT2D eigenvalue weighted by atomic mass is 19.1. The van der Waals surface area contributed by atoms with Gasteiger partial charge < -0.3 is 0 Å². The Hall–Kier alpha value is -2.73. The molecule has 0 amide bonds. The molecule has 0 N–H and O–H groups in total. The molecule has 108 valence electrons. The van der Waals surface area contributed by atoms with E-state index in [1.54, 1.807) is 24.3 Å². The predicted molar refractivity (Wildman–Crippen MR) is 83.4 cm³/mol. The van der Waals surface area contributed by atoms with Crippen LogP contribution in [0, 0.1) is 23.0 Å². The van der Waals surface area contributed by atoms with E-state index in [2.05, 4.69) is 0 Å². The molecular weight excluding hydrogens is 280 g/mol. The normalized spacial score (nSPS) is 10.6. The number of aryl methyl sites for hydroxylation is 1. The predicted octanol–water partition coefficient (Wildman–Crippen LogP) is 5.22. The van der Waals surface area contributed by atoms with Crippen LogP contribution in [0.5, 0.6) is 0 Å². The largest absolute Gasteiger partial charge is 0.206 e. The van der Waals surface area contributed by atoms with E-state index >= 15 is 0 Å². The topological polar surface area (TPSA) is 23.8 Å². The monoisotopic (exact) mass is 293 g/mol. The summed E-state index contributed by atoms with van der Waals surface area (Å²) in [4.78, 5) is 0. The van der Waals surface area contributed by atoms with Gasteiger partial charge in [-0.1, -0.05) is 43.3 Å². The average Bonchev–Trinajstić information content (AvgIpc) is 2.54. The van der Waals surface area contributed by atoms with Crippen molar-refractivity contribution < 1.29 is 8.78 Å². The van der Waals surface area contributed by atoms with Gasteiger partial charge in [0.25, 0.3) is 0 Å². The summed E-state index contributed by atoms with van der Waals surface area (Å²) in [5.41, 5.74) is 1.86. The van der Waals surface area contributed by atoms with Crippen LogP contribution in [0.1, 0.15) is 18.1 Å². The lowest BCUT2D eigenvalue weighted by molar-refractivity contribution is 0.623. The van der Waals surface area contributed by atoms with E-state index in [1.165, 1.54) is 12.1 Å². The van der Waals surface area contributed by atoms with Crippen molar-refractivity contribution in [3.8, 4) is 17.2 Å². The van der Waals surface area contributed by atoms with Gasteiger partial charge in [-0.25, -0.2) is 8.78 Å². The molecular formula is C19H13F2N. The second-order valence-corrected chi connectivity index (χ2v) is 5.14. The van der Waals surface area contributed by atoms with Gasteiger partial charge in [0.15, 0.2) is 0 Å². The fourth-order valence-electron chi connectivity index (χ4n) is 2.56. The van der Waals surface area contributed by atoms with Crippen molar-refractivity contribution in [3.63, 3.8) is 0 Å². The Morgan fingerprint density at radius 1 is 1.00 bits per heavy atom. The SMILES string of the molecule is CCc1ccc2c(F)c(-c3ccc(C#N)c(F)c3)ccc2c1. The van der Waals surface area contributed by atoms with Crippen molar-refractivity contribution in [1.29, 1.82) is 5.26 Å². The Morgan fingerprint density at radius 3 is 2.50 bits per heavy atom. The molecule has 0 aromatic heterocycles. The Morgan fingerprint density at radius 2 is 1.82 bits per heavy atom. The van der Waals surface area contributed by atoms with E-state index < -0.39 is 5.82 Å². The van der Waals surface area contributed by atoms with Crippen molar-refractivity contribution in [3.05, 3.63) is 71.3 Å². The molecule has 3 aromatic carbocycles. The molecule has 0 heterocycles. The fraction of sp³-hybridized carbons (Fsp3) is 0.105. The lowest BCUT2D eigenvalue weighted by atomic mass is 9.98. The third-order valence-corrected chi connectivity index (χ3v) is 3.83. The van der Waals surface area contributed by atoms with E-state index in [-0.39, 0.29) is 11.4 Å². The number of nitrogens with zero attached hydrogens (tertiary/aromatic N) is 1. The second-order valence-electron chi connectivity index (χ2n) is 5.14. The zero-order valence-corrected chi connectivity index (χ0v) is 12.0. The molecule has 3 aromatic rings. The maximum absolute atomic E-state index is 14.7. The van der Waals surface area contributed by atoms with Crippen LogP contribution in [0.2, 0.25) is 0 Å². The number of hydrogen-bond acceptors (Lipinski definition) is 1. The number of fused-ring (bicyclic) bond motifs is 1. The summed E-state index contributed by atoms with van der Waals surface area (Å²) in [6, 6.07) is 15.0. The highest BCUT2D eigenvalue weighted by Crippen LogP contribution is 2.30. The average molecular weight is 293 g/mol. The van der Waals surface area contributed by atoms with E-state index in [0.29, 0.717) is 16.5 Å². The lowest BCUT2D eigenvalue weighted by Crippen LogP contribution is -1.91. The van der Waals surface area contributed by atoms with Crippen molar-refractivity contribution in [1.82, 2.24) is 0 Å². The second kappa shape index (κ2) is 5.57. The molecule has 22 heavy (non-hydrogen) atoms. The van der Waals surface area contributed by atoms with Gasteiger partial charge in [0.1, 0.15) is 17.7 Å². The van der Waals surface area contributed by atoms with Crippen LogP contribution in [-0.4, -0.2) is 0 Å². The van der Waals surface area contributed by atoms with Crippen molar-refractivity contribution in [2.24, 2.45) is 0 Å². The fourth-order valence-corrected chi connectivity index (χ4v) is 2.56. The molecule has 0 atom stereocenters. The maximum atomic E-state index is 14.7. The van der Waals surface area contributed by atoms with Crippen LogP contribution in [0.4, 0.5) is 8.78 Å². The van der Waals surface area contributed by atoms with Gasteiger partial charge in [-0.2, -0.15) is 5.26 Å². The smallest absolute Gasteiger partial charge is 0.141 e. The minimum atomic E-state index is -0.638. The molecule has 0 aliphatic heterocycles. The first-order valence-corrected chi connectivity index (χ1v) is 7.05. The molecule has 0 bridgehead atoms. The van der Waals surface area contributed by atoms with Crippen molar-refractivity contribution >= 4 is 10.8 Å². The van der Waals surface area contributed by atoms with Crippen molar-refractivity contribution in [2.45, 2.75) is 13.3 Å². The molecule has 0 radical (unpaired) electrons. The summed E-state index contributed by atoms with van der Waals surface area (Å²) < 4.78 is 28.5. The maximum Gasteiger partial charge on any atom is 0.141 e. The quantitative estimate of drug-likeness (QED) is 0.635. The van der Waals surface area contributed by atoms with Crippen LogP contribution in [0.15, 0.2) is 48.5 Å². The van der Waals surface area contributed by atoms with Gasteiger partial charge in [0.2, 0.25) is 0 Å². The Balaban J connectivity index is 2.18. The first-order valence-electron chi connectivity index (χ1n) is 7.05. The summed E-state index contributed by atoms with van der Waals surface area (Å²) in [7, 11) is 0. The van der Waals surface area contributed by atoms with E-state index in [1.807, 2.05) is 25.1 Å². The molecule has 0 spiro atoms.